The SMILES string of the molecule is COc1ccc(C(=O)N/C(=C\c2cn(C)c3ccccc23)C(=O)NCc2ccccc2)cc1. The fourth-order valence-electron chi connectivity index (χ4n) is 3.61. The van der Waals surface area contributed by atoms with E-state index in [0.29, 0.717) is 17.9 Å². The number of ether oxygens (including phenoxy) is 1. The van der Waals surface area contributed by atoms with Crippen LogP contribution in [0.2, 0.25) is 0 Å². The van der Waals surface area contributed by atoms with E-state index >= 15 is 0 Å². The first-order chi connectivity index (χ1) is 16.0. The van der Waals surface area contributed by atoms with E-state index in [9.17, 15) is 9.59 Å². The molecule has 6 heteroatoms. The molecule has 3 aromatic carbocycles. The van der Waals surface area contributed by atoms with Crippen LogP contribution in [0.1, 0.15) is 21.5 Å². The van der Waals surface area contributed by atoms with E-state index in [1.807, 2.05) is 72.4 Å². The molecule has 0 unspecified atom stereocenters. The zero-order valence-corrected chi connectivity index (χ0v) is 18.5. The van der Waals surface area contributed by atoms with Gasteiger partial charge in [0.05, 0.1) is 7.11 Å². The third-order valence-corrected chi connectivity index (χ3v) is 5.37. The van der Waals surface area contributed by atoms with Crippen LogP contribution < -0.4 is 15.4 Å². The van der Waals surface area contributed by atoms with Crippen molar-refractivity contribution >= 4 is 28.8 Å². The van der Waals surface area contributed by atoms with E-state index in [1.54, 1.807) is 37.5 Å². The molecule has 0 atom stereocenters. The van der Waals surface area contributed by atoms with Crippen LogP contribution in [-0.2, 0) is 18.4 Å². The summed E-state index contributed by atoms with van der Waals surface area (Å²) < 4.78 is 7.15. The summed E-state index contributed by atoms with van der Waals surface area (Å²) >= 11 is 0. The maximum atomic E-state index is 13.1. The molecule has 2 amide bonds. The van der Waals surface area contributed by atoms with Crippen molar-refractivity contribution in [3.63, 3.8) is 0 Å². The fourth-order valence-corrected chi connectivity index (χ4v) is 3.61. The van der Waals surface area contributed by atoms with Crippen LogP contribution in [-0.4, -0.2) is 23.5 Å². The Kier molecular flexibility index (Phi) is 6.55. The highest BCUT2D eigenvalue weighted by Gasteiger charge is 2.16. The molecule has 0 saturated carbocycles. The minimum atomic E-state index is -0.376. The van der Waals surface area contributed by atoms with Crippen molar-refractivity contribution in [2.45, 2.75) is 6.54 Å². The molecular weight excluding hydrogens is 414 g/mol. The van der Waals surface area contributed by atoms with E-state index in [2.05, 4.69) is 10.6 Å². The first kappa shape index (κ1) is 21.9. The molecule has 166 valence electrons. The molecule has 6 nitrogen and oxygen atoms in total. The molecular formula is C27H25N3O3. The number of rotatable bonds is 7. The Morgan fingerprint density at radius 2 is 1.64 bits per heavy atom. The maximum Gasteiger partial charge on any atom is 0.268 e. The Labute approximate surface area is 192 Å². The van der Waals surface area contributed by atoms with Crippen LogP contribution in [0, 0.1) is 0 Å². The van der Waals surface area contributed by atoms with Crippen LogP contribution in [0.4, 0.5) is 0 Å². The number of nitrogens with zero attached hydrogens (tertiary/aromatic N) is 1. The van der Waals surface area contributed by atoms with Crippen molar-refractivity contribution < 1.29 is 14.3 Å². The third kappa shape index (κ3) is 5.13. The van der Waals surface area contributed by atoms with E-state index in [0.717, 1.165) is 22.0 Å². The van der Waals surface area contributed by atoms with Crippen LogP contribution in [0.15, 0.2) is 90.8 Å². The number of hydrogen-bond donors (Lipinski definition) is 2. The molecule has 4 rings (SSSR count). The van der Waals surface area contributed by atoms with E-state index < -0.39 is 0 Å². The quantitative estimate of drug-likeness (QED) is 0.423. The predicted octanol–water partition coefficient (Wildman–Crippen LogP) is 4.27. The van der Waals surface area contributed by atoms with Crippen LogP contribution >= 0.6 is 0 Å². The van der Waals surface area contributed by atoms with Gasteiger partial charge in [-0.25, -0.2) is 0 Å². The molecule has 1 heterocycles. The number of amides is 2. The van der Waals surface area contributed by atoms with Crippen molar-refractivity contribution in [1.29, 1.82) is 0 Å². The van der Waals surface area contributed by atoms with Crippen molar-refractivity contribution in [3.05, 3.63) is 107 Å². The van der Waals surface area contributed by atoms with Gasteiger partial charge in [-0.15, -0.1) is 0 Å². The number of nitrogens with one attached hydrogen (secondary N) is 2. The van der Waals surface area contributed by atoms with Crippen molar-refractivity contribution in [1.82, 2.24) is 15.2 Å². The topological polar surface area (TPSA) is 72.4 Å². The fraction of sp³-hybridized carbons (Fsp3) is 0.111. The smallest absolute Gasteiger partial charge is 0.268 e. The lowest BCUT2D eigenvalue weighted by atomic mass is 10.1. The van der Waals surface area contributed by atoms with Gasteiger partial charge in [0.1, 0.15) is 11.4 Å². The number of fused-ring (bicyclic) bond motifs is 1. The Morgan fingerprint density at radius 3 is 2.36 bits per heavy atom. The first-order valence-electron chi connectivity index (χ1n) is 10.6. The number of carbonyl (C=O) groups is 2. The van der Waals surface area contributed by atoms with Gasteiger partial charge in [0, 0.05) is 41.8 Å². The molecule has 0 fully saturated rings. The normalized spacial score (nSPS) is 11.3. The predicted molar refractivity (Wildman–Crippen MR) is 130 cm³/mol. The van der Waals surface area contributed by atoms with Gasteiger partial charge in [-0.3, -0.25) is 9.59 Å². The summed E-state index contributed by atoms with van der Waals surface area (Å²) in [6.45, 7) is 0.352. The van der Waals surface area contributed by atoms with Gasteiger partial charge in [0.25, 0.3) is 11.8 Å². The van der Waals surface area contributed by atoms with E-state index in [4.69, 9.17) is 4.74 Å². The number of para-hydroxylation sites is 1. The van der Waals surface area contributed by atoms with E-state index in [-0.39, 0.29) is 17.5 Å². The standard InChI is InChI=1S/C27H25N3O3/c1-30-18-21(23-10-6-7-11-25(23)30)16-24(27(32)28-17-19-8-4-3-5-9-19)29-26(31)20-12-14-22(33-2)15-13-20/h3-16,18H,17H2,1-2H3,(H,28,32)(H,29,31)/b24-16-. The number of carbonyl (C=O) groups excluding carboxylic acids is 2. The van der Waals surface area contributed by atoms with Gasteiger partial charge in [0.2, 0.25) is 0 Å². The molecule has 33 heavy (non-hydrogen) atoms. The minimum absolute atomic E-state index is 0.170. The van der Waals surface area contributed by atoms with Crippen LogP contribution in [0.25, 0.3) is 17.0 Å². The summed E-state index contributed by atoms with van der Waals surface area (Å²) in [5.74, 6) is -0.0914. The zero-order valence-electron chi connectivity index (χ0n) is 18.5. The average Bonchev–Trinajstić information content (AvgIpc) is 3.18. The third-order valence-electron chi connectivity index (χ3n) is 5.37. The zero-order chi connectivity index (χ0) is 23.2. The molecule has 0 radical (unpaired) electrons. The number of hydrogen-bond acceptors (Lipinski definition) is 3. The second-order valence-corrected chi connectivity index (χ2v) is 7.62. The Hall–Kier alpha value is -4.32. The molecule has 0 bridgehead atoms. The highest BCUT2D eigenvalue weighted by atomic mass is 16.5. The Balaban J connectivity index is 1.63. The lowest BCUT2D eigenvalue weighted by Gasteiger charge is -2.11. The highest BCUT2D eigenvalue weighted by molar-refractivity contribution is 6.06. The second-order valence-electron chi connectivity index (χ2n) is 7.62. The molecule has 0 aliphatic heterocycles. The molecule has 0 spiro atoms. The summed E-state index contributed by atoms with van der Waals surface area (Å²) in [6.07, 6.45) is 3.65. The number of aromatic nitrogens is 1. The van der Waals surface area contributed by atoms with Gasteiger partial charge >= 0.3 is 0 Å². The second kappa shape index (κ2) is 9.87. The molecule has 0 aliphatic rings. The number of methoxy groups -OCH3 is 1. The largest absolute Gasteiger partial charge is 0.497 e. The maximum absolute atomic E-state index is 13.1. The summed E-state index contributed by atoms with van der Waals surface area (Å²) in [6, 6.07) is 24.3. The number of aryl methyl sites for hydroxylation is 1. The Bertz CT molecular complexity index is 1310. The highest BCUT2D eigenvalue weighted by Crippen LogP contribution is 2.22. The van der Waals surface area contributed by atoms with Crippen LogP contribution in [0.5, 0.6) is 5.75 Å². The molecule has 0 saturated heterocycles. The molecule has 2 N–H and O–H groups in total. The van der Waals surface area contributed by atoms with Gasteiger partial charge < -0.3 is 19.9 Å². The average molecular weight is 440 g/mol. The van der Waals surface area contributed by atoms with Crippen molar-refractivity contribution in [2.24, 2.45) is 7.05 Å². The van der Waals surface area contributed by atoms with Gasteiger partial charge in [0.15, 0.2) is 0 Å². The van der Waals surface area contributed by atoms with Crippen molar-refractivity contribution in [3.8, 4) is 5.75 Å². The van der Waals surface area contributed by atoms with Gasteiger partial charge in [-0.1, -0.05) is 48.5 Å². The lowest BCUT2D eigenvalue weighted by molar-refractivity contribution is -0.117. The molecule has 0 aliphatic carbocycles. The molecule has 4 aromatic rings. The Morgan fingerprint density at radius 1 is 0.939 bits per heavy atom. The van der Waals surface area contributed by atoms with Crippen LogP contribution in [0.3, 0.4) is 0 Å². The summed E-state index contributed by atoms with van der Waals surface area (Å²) in [5.41, 5.74) is 3.44. The summed E-state index contributed by atoms with van der Waals surface area (Å²) in [5, 5.41) is 6.68. The molecule has 1 aromatic heterocycles. The van der Waals surface area contributed by atoms with Gasteiger partial charge in [-0.05, 0) is 42.0 Å². The number of benzene rings is 3. The summed E-state index contributed by atoms with van der Waals surface area (Å²) in [4.78, 5) is 26.0. The van der Waals surface area contributed by atoms with Gasteiger partial charge in [-0.2, -0.15) is 0 Å². The minimum Gasteiger partial charge on any atom is -0.497 e. The summed E-state index contributed by atoms with van der Waals surface area (Å²) in [7, 11) is 3.52. The van der Waals surface area contributed by atoms with Crippen molar-refractivity contribution in [2.75, 3.05) is 7.11 Å². The monoisotopic (exact) mass is 439 g/mol. The lowest BCUT2D eigenvalue weighted by Crippen LogP contribution is -2.34. The van der Waals surface area contributed by atoms with E-state index in [1.165, 1.54) is 0 Å². The first-order valence-corrected chi connectivity index (χ1v) is 10.6.